The topological polar surface area (TPSA) is 53.4 Å². The van der Waals surface area contributed by atoms with Gasteiger partial charge in [0.15, 0.2) is 0 Å². The number of nitrogens with zero attached hydrogens (tertiary/aromatic N) is 2. The van der Waals surface area contributed by atoms with Crippen LogP contribution in [-0.2, 0) is 11.3 Å². The van der Waals surface area contributed by atoms with Crippen LogP contribution in [0.3, 0.4) is 0 Å². The van der Waals surface area contributed by atoms with Crippen LogP contribution in [0.25, 0.3) is 0 Å². The van der Waals surface area contributed by atoms with E-state index in [4.69, 9.17) is 5.11 Å². The third-order valence-corrected chi connectivity index (χ3v) is 3.57. The molecule has 5 heteroatoms. The molecule has 4 nitrogen and oxygen atoms in total. The predicted molar refractivity (Wildman–Crippen MR) is 57.9 cm³/mol. The molecule has 82 valence electrons. The number of likely N-dealkylation sites (tertiary alicyclic amines) is 1. The normalized spacial score (nSPS) is 22.1. The molecular formula is C10H14N2O2S. The summed E-state index contributed by atoms with van der Waals surface area (Å²) in [6, 6.07) is 0. The molecule has 1 N–H and O–H groups in total. The summed E-state index contributed by atoms with van der Waals surface area (Å²) in [6.45, 7) is 4.38. The van der Waals surface area contributed by atoms with Crippen LogP contribution in [0.1, 0.15) is 16.3 Å². The molecule has 1 aromatic heterocycles. The van der Waals surface area contributed by atoms with Crippen molar-refractivity contribution in [2.75, 3.05) is 13.1 Å². The Labute approximate surface area is 92.6 Å². The molecule has 1 atom stereocenters. The molecule has 2 rings (SSSR count). The summed E-state index contributed by atoms with van der Waals surface area (Å²) in [5, 5.41) is 9.93. The van der Waals surface area contributed by atoms with Gasteiger partial charge in [0.25, 0.3) is 0 Å². The van der Waals surface area contributed by atoms with Crippen molar-refractivity contribution in [1.82, 2.24) is 9.88 Å². The third-order valence-electron chi connectivity index (χ3n) is 2.67. The smallest absolute Gasteiger partial charge is 0.307 e. The summed E-state index contributed by atoms with van der Waals surface area (Å²) in [4.78, 5) is 18.4. The zero-order chi connectivity index (χ0) is 10.8. The maximum Gasteiger partial charge on any atom is 0.307 e. The molecule has 0 aromatic carbocycles. The second kappa shape index (κ2) is 4.28. The number of rotatable bonds is 3. The number of hydrogen-bond acceptors (Lipinski definition) is 4. The number of carboxylic acid groups (broad SMARTS) is 1. The third kappa shape index (κ3) is 2.54. The number of carboxylic acids is 1. The van der Waals surface area contributed by atoms with E-state index in [1.807, 2.05) is 13.1 Å². The first kappa shape index (κ1) is 10.6. The molecule has 1 aromatic rings. The largest absolute Gasteiger partial charge is 0.481 e. The fraction of sp³-hybridized carbons (Fsp3) is 0.600. The van der Waals surface area contributed by atoms with E-state index in [-0.39, 0.29) is 5.92 Å². The summed E-state index contributed by atoms with van der Waals surface area (Å²) in [6.07, 6.45) is 2.65. The summed E-state index contributed by atoms with van der Waals surface area (Å²) >= 11 is 1.68. The molecule has 0 amide bonds. The number of thiazole rings is 1. The van der Waals surface area contributed by atoms with Gasteiger partial charge >= 0.3 is 5.97 Å². The monoisotopic (exact) mass is 226 g/mol. The highest BCUT2D eigenvalue weighted by Gasteiger charge is 2.27. The maximum absolute atomic E-state index is 10.8. The summed E-state index contributed by atoms with van der Waals surface area (Å²) in [5.74, 6) is -0.850. The lowest BCUT2D eigenvalue weighted by Crippen LogP contribution is -2.22. The van der Waals surface area contributed by atoms with Gasteiger partial charge in [-0.2, -0.15) is 0 Å². The van der Waals surface area contributed by atoms with Crippen molar-refractivity contribution in [2.45, 2.75) is 19.9 Å². The molecule has 1 fully saturated rings. The van der Waals surface area contributed by atoms with Crippen LogP contribution in [0.4, 0.5) is 0 Å². The van der Waals surface area contributed by atoms with Crippen molar-refractivity contribution in [2.24, 2.45) is 5.92 Å². The highest BCUT2D eigenvalue weighted by molar-refractivity contribution is 7.11. The number of aromatic nitrogens is 1. The van der Waals surface area contributed by atoms with E-state index < -0.39 is 5.97 Å². The predicted octanol–water partition coefficient (Wildman–Crippen LogP) is 1.36. The van der Waals surface area contributed by atoms with Gasteiger partial charge in [0.05, 0.1) is 10.9 Å². The van der Waals surface area contributed by atoms with E-state index in [2.05, 4.69) is 9.88 Å². The zero-order valence-corrected chi connectivity index (χ0v) is 9.46. The fourth-order valence-electron chi connectivity index (χ4n) is 1.88. The van der Waals surface area contributed by atoms with Gasteiger partial charge in [0.1, 0.15) is 0 Å². The molecule has 0 spiro atoms. The van der Waals surface area contributed by atoms with E-state index in [0.717, 1.165) is 24.5 Å². The Balaban J connectivity index is 1.90. The molecule has 1 unspecified atom stereocenters. The number of carbonyl (C=O) groups is 1. The van der Waals surface area contributed by atoms with Gasteiger partial charge in [-0.25, -0.2) is 4.98 Å². The summed E-state index contributed by atoms with van der Waals surface area (Å²) < 4.78 is 0. The number of aryl methyl sites for hydroxylation is 1. The van der Waals surface area contributed by atoms with E-state index >= 15 is 0 Å². The molecular weight excluding hydrogens is 212 g/mol. The molecule has 1 aliphatic heterocycles. The number of hydrogen-bond donors (Lipinski definition) is 1. The zero-order valence-electron chi connectivity index (χ0n) is 8.64. The Kier molecular flexibility index (Phi) is 3.02. The van der Waals surface area contributed by atoms with Crippen molar-refractivity contribution in [3.8, 4) is 0 Å². The van der Waals surface area contributed by atoms with Crippen LogP contribution >= 0.6 is 11.3 Å². The lowest BCUT2D eigenvalue weighted by Gasteiger charge is -2.12. The minimum Gasteiger partial charge on any atom is -0.481 e. The van der Waals surface area contributed by atoms with Crippen LogP contribution in [0, 0.1) is 12.8 Å². The van der Waals surface area contributed by atoms with Crippen molar-refractivity contribution in [3.05, 3.63) is 16.1 Å². The quantitative estimate of drug-likeness (QED) is 0.845. The first-order valence-corrected chi connectivity index (χ1v) is 5.83. The van der Waals surface area contributed by atoms with Gasteiger partial charge in [-0.1, -0.05) is 0 Å². The van der Waals surface area contributed by atoms with Crippen LogP contribution in [-0.4, -0.2) is 34.0 Å². The van der Waals surface area contributed by atoms with Gasteiger partial charge < -0.3 is 5.11 Å². The highest BCUT2D eigenvalue weighted by Crippen LogP contribution is 2.21. The average Bonchev–Trinajstić information content (AvgIpc) is 2.76. The van der Waals surface area contributed by atoms with Gasteiger partial charge in [0, 0.05) is 24.2 Å². The average molecular weight is 226 g/mol. The van der Waals surface area contributed by atoms with Crippen molar-refractivity contribution in [3.63, 3.8) is 0 Å². The molecule has 0 radical (unpaired) electrons. The molecule has 0 bridgehead atoms. The molecule has 0 saturated carbocycles. The van der Waals surface area contributed by atoms with Crippen molar-refractivity contribution < 1.29 is 9.90 Å². The molecule has 0 aliphatic carbocycles. The second-order valence-corrected chi connectivity index (χ2v) is 5.22. The standard InChI is InChI=1S/C10H14N2O2S/c1-7-11-4-9(15-7)6-12-3-2-8(5-12)10(13)14/h4,8H,2-3,5-6H2,1H3,(H,13,14). The Hall–Kier alpha value is -0.940. The van der Waals surface area contributed by atoms with Crippen LogP contribution < -0.4 is 0 Å². The van der Waals surface area contributed by atoms with E-state index in [9.17, 15) is 4.79 Å². The Bertz CT molecular complexity index is 364. The minimum atomic E-state index is -0.669. The van der Waals surface area contributed by atoms with E-state index in [1.165, 1.54) is 4.88 Å². The van der Waals surface area contributed by atoms with Gasteiger partial charge in [-0.15, -0.1) is 11.3 Å². The lowest BCUT2D eigenvalue weighted by atomic mass is 10.1. The fourth-order valence-corrected chi connectivity index (χ4v) is 2.71. The molecule has 1 saturated heterocycles. The summed E-state index contributed by atoms with van der Waals surface area (Å²) in [5.41, 5.74) is 0. The Morgan fingerprint density at radius 1 is 1.80 bits per heavy atom. The number of aliphatic carboxylic acids is 1. The van der Waals surface area contributed by atoms with Crippen LogP contribution in [0.5, 0.6) is 0 Å². The van der Waals surface area contributed by atoms with Crippen molar-refractivity contribution in [1.29, 1.82) is 0 Å². The molecule has 1 aliphatic rings. The Morgan fingerprint density at radius 2 is 2.60 bits per heavy atom. The molecule has 15 heavy (non-hydrogen) atoms. The first-order valence-electron chi connectivity index (χ1n) is 5.01. The van der Waals surface area contributed by atoms with Gasteiger partial charge in [0.2, 0.25) is 0 Å². The molecule has 2 heterocycles. The van der Waals surface area contributed by atoms with Gasteiger partial charge in [-0.3, -0.25) is 9.69 Å². The van der Waals surface area contributed by atoms with Crippen LogP contribution in [0.15, 0.2) is 6.20 Å². The maximum atomic E-state index is 10.8. The Morgan fingerprint density at radius 3 is 3.13 bits per heavy atom. The lowest BCUT2D eigenvalue weighted by molar-refractivity contribution is -0.141. The van der Waals surface area contributed by atoms with Crippen LogP contribution in [0.2, 0.25) is 0 Å². The van der Waals surface area contributed by atoms with E-state index in [1.54, 1.807) is 11.3 Å². The van der Waals surface area contributed by atoms with Gasteiger partial charge in [-0.05, 0) is 19.9 Å². The minimum absolute atomic E-state index is 0.181. The summed E-state index contributed by atoms with van der Waals surface area (Å²) in [7, 11) is 0. The van der Waals surface area contributed by atoms with E-state index in [0.29, 0.717) is 6.54 Å². The second-order valence-electron chi connectivity index (χ2n) is 3.90. The SMILES string of the molecule is Cc1ncc(CN2CCC(C(=O)O)C2)s1. The van der Waals surface area contributed by atoms with Crippen molar-refractivity contribution >= 4 is 17.3 Å². The first-order chi connectivity index (χ1) is 7.15. The highest BCUT2D eigenvalue weighted by atomic mass is 32.1.